The molecule has 0 aliphatic heterocycles. The summed E-state index contributed by atoms with van der Waals surface area (Å²) in [5.74, 6) is -0.417. The van der Waals surface area contributed by atoms with Crippen LogP contribution in [0.1, 0.15) is 36.7 Å². The summed E-state index contributed by atoms with van der Waals surface area (Å²) in [6.45, 7) is 11.5. The Balaban J connectivity index is 2.81. The number of carbonyl (C=O) groups is 1. The average Bonchev–Trinajstić information content (AvgIpc) is 2.34. The molecule has 0 atom stereocenters. The van der Waals surface area contributed by atoms with Crippen molar-refractivity contribution < 1.29 is 14.0 Å². The van der Waals surface area contributed by atoms with E-state index < -0.39 is 14.3 Å². The highest BCUT2D eigenvalue weighted by atomic mass is 28.4. The number of carbonyl (C=O) groups excluding carboxylic acids is 1. The van der Waals surface area contributed by atoms with Gasteiger partial charge in [-0.25, -0.2) is 4.79 Å². The van der Waals surface area contributed by atoms with Crippen LogP contribution in [0.25, 0.3) is 0 Å². The minimum atomic E-state index is -1.78. The fourth-order valence-corrected chi connectivity index (χ4v) is 2.44. The molecule has 0 radical (unpaired) electrons. The van der Waals surface area contributed by atoms with Gasteiger partial charge in [0.2, 0.25) is 0 Å². The van der Waals surface area contributed by atoms with Crippen molar-refractivity contribution in [2.24, 2.45) is 0 Å². The molecule has 0 saturated carbocycles. The molecule has 0 aromatic heterocycles. The molecule has 0 aliphatic carbocycles. The zero-order chi connectivity index (χ0) is 15.6. The van der Waals surface area contributed by atoms with Crippen LogP contribution in [-0.2, 0) is 15.8 Å². The molecule has 0 saturated heterocycles. The van der Waals surface area contributed by atoms with E-state index in [2.05, 4.69) is 38.6 Å². The molecular weight excluding hydrogens is 270 g/mol. The lowest BCUT2D eigenvalue weighted by atomic mass is 10.1. The molecule has 1 aromatic carbocycles. The Morgan fingerprint density at radius 3 is 2.35 bits per heavy atom. The Hall–Kier alpha value is -1.33. The lowest BCUT2D eigenvalue weighted by molar-refractivity contribution is 0.0602. The van der Waals surface area contributed by atoms with Gasteiger partial charge in [-0.15, -0.1) is 0 Å². The van der Waals surface area contributed by atoms with Crippen LogP contribution in [0, 0.1) is 0 Å². The molecule has 0 unspecified atom stereocenters. The van der Waals surface area contributed by atoms with Crippen LogP contribution < -0.4 is 5.73 Å². The van der Waals surface area contributed by atoms with Gasteiger partial charge >= 0.3 is 5.97 Å². The van der Waals surface area contributed by atoms with Crippen LogP contribution in [0.2, 0.25) is 18.1 Å². The minimum Gasteiger partial charge on any atom is -0.465 e. The third-order valence-corrected chi connectivity index (χ3v) is 8.41. The van der Waals surface area contributed by atoms with E-state index in [9.17, 15) is 4.79 Å². The Morgan fingerprint density at radius 2 is 1.90 bits per heavy atom. The lowest BCUT2D eigenvalue weighted by Gasteiger charge is -2.36. The van der Waals surface area contributed by atoms with Crippen LogP contribution in [0.5, 0.6) is 0 Å². The summed E-state index contributed by atoms with van der Waals surface area (Å²) in [6, 6.07) is 5.32. The molecule has 0 heterocycles. The van der Waals surface area contributed by atoms with Crippen molar-refractivity contribution in [3.05, 3.63) is 29.3 Å². The number of ether oxygens (including phenoxy) is 1. The largest absolute Gasteiger partial charge is 0.465 e. The first-order valence-corrected chi connectivity index (χ1v) is 9.60. The highest BCUT2D eigenvalue weighted by Gasteiger charge is 2.37. The SMILES string of the molecule is COC(=O)c1ccc(CO[Si](C)(C)C(C)(C)C)cc1N. The van der Waals surface area contributed by atoms with Crippen molar-refractivity contribution in [3.63, 3.8) is 0 Å². The van der Waals surface area contributed by atoms with Crippen LogP contribution in [0.15, 0.2) is 18.2 Å². The van der Waals surface area contributed by atoms with Crippen molar-refractivity contribution in [2.75, 3.05) is 12.8 Å². The van der Waals surface area contributed by atoms with Gasteiger partial charge in [-0.3, -0.25) is 0 Å². The Labute approximate surface area is 122 Å². The molecule has 0 bridgehead atoms. The fraction of sp³-hybridized carbons (Fsp3) is 0.533. The zero-order valence-electron chi connectivity index (χ0n) is 13.2. The molecule has 0 amide bonds. The molecule has 4 nitrogen and oxygen atoms in total. The molecular formula is C15H25NO3Si. The van der Waals surface area contributed by atoms with Gasteiger partial charge in [0.25, 0.3) is 0 Å². The van der Waals surface area contributed by atoms with E-state index in [0.29, 0.717) is 17.9 Å². The number of methoxy groups -OCH3 is 1. The lowest BCUT2D eigenvalue weighted by Crippen LogP contribution is -2.40. The first-order chi connectivity index (χ1) is 9.08. The van der Waals surface area contributed by atoms with E-state index >= 15 is 0 Å². The topological polar surface area (TPSA) is 61.5 Å². The second-order valence-electron chi connectivity index (χ2n) is 6.46. The number of anilines is 1. The van der Waals surface area contributed by atoms with Gasteiger partial charge in [0.05, 0.1) is 19.3 Å². The summed E-state index contributed by atoms with van der Waals surface area (Å²) in [5.41, 5.74) is 7.67. The van der Waals surface area contributed by atoms with Crippen molar-refractivity contribution in [2.45, 2.75) is 45.5 Å². The first-order valence-electron chi connectivity index (χ1n) is 6.69. The molecule has 0 spiro atoms. The predicted octanol–water partition coefficient (Wildman–Crippen LogP) is 3.58. The van der Waals surface area contributed by atoms with Gasteiger partial charge in [-0.05, 0) is 35.8 Å². The standard InChI is InChI=1S/C15H25NO3Si/c1-15(2,3)20(5,6)19-10-11-7-8-12(13(16)9-11)14(17)18-4/h7-9H,10,16H2,1-6H3. The molecule has 1 rings (SSSR count). The van der Waals surface area contributed by atoms with Gasteiger partial charge in [0, 0.05) is 5.69 Å². The van der Waals surface area contributed by atoms with E-state index in [1.165, 1.54) is 7.11 Å². The van der Waals surface area contributed by atoms with Gasteiger partial charge in [-0.2, -0.15) is 0 Å². The van der Waals surface area contributed by atoms with Crippen LogP contribution in [-0.4, -0.2) is 21.4 Å². The van der Waals surface area contributed by atoms with Crippen molar-refractivity contribution >= 4 is 20.0 Å². The second-order valence-corrected chi connectivity index (χ2v) is 11.3. The molecule has 0 aliphatic rings. The molecule has 5 heteroatoms. The first kappa shape index (κ1) is 16.7. The fourth-order valence-electron chi connectivity index (χ4n) is 1.48. The Morgan fingerprint density at radius 1 is 1.30 bits per heavy atom. The average molecular weight is 295 g/mol. The van der Waals surface area contributed by atoms with E-state index in [0.717, 1.165) is 5.56 Å². The maximum absolute atomic E-state index is 11.5. The number of hydrogen-bond donors (Lipinski definition) is 1. The van der Waals surface area contributed by atoms with E-state index in [1.54, 1.807) is 12.1 Å². The second kappa shape index (κ2) is 5.97. The number of esters is 1. The predicted molar refractivity (Wildman–Crippen MR) is 84.2 cm³/mol. The maximum atomic E-state index is 11.5. The normalized spacial score (nSPS) is 12.3. The van der Waals surface area contributed by atoms with Gasteiger partial charge in [-0.1, -0.05) is 26.8 Å². The third kappa shape index (κ3) is 3.83. The van der Waals surface area contributed by atoms with Gasteiger partial charge in [0.1, 0.15) is 0 Å². The summed E-state index contributed by atoms with van der Waals surface area (Å²) >= 11 is 0. The highest BCUT2D eigenvalue weighted by molar-refractivity contribution is 6.74. The van der Waals surface area contributed by atoms with Crippen molar-refractivity contribution in [1.29, 1.82) is 0 Å². The third-order valence-electron chi connectivity index (χ3n) is 3.93. The van der Waals surface area contributed by atoms with E-state index in [1.807, 2.05) is 6.07 Å². The zero-order valence-corrected chi connectivity index (χ0v) is 14.2. The van der Waals surface area contributed by atoms with Gasteiger partial charge < -0.3 is 14.9 Å². The summed E-state index contributed by atoms with van der Waals surface area (Å²) in [6.07, 6.45) is 0. The summed E-state index contributed by atoms with van der Waals surface area (Å²) in [7, 11) is -0.436. The molecule has 0 fully saturated rings. The molecule has 20 heavy (non-hydrogen) atoms. The van der Waals surface area contributed by atoms with Crippen molar-refractivity contribution in [1.82, 2.24) is 0 Å². The number of nitrogens with two attached hydrogens (primary N) is 1. The number of benzene rings is 1. The highest BCUT2D eigenvalue weighted by Crippen LogP contribution is 2.37. The number of rotatable bonds is 4. The molecule has 1 aromatic rings. The van der Waals surface area contributed by atoms with E-state index in [-0.39, 0.29) is 5.04 Å². The summed E-state index contributed by atoms with van der Waals surface area (Å²) < 4.78 is 10.8. The van der Waals surface area contributed by atoms with Crippen LogP contribution in [0.3, 0.4) is 0 Å². The minimum absolute atomic E-state index is 0.171. The quantitative estimate of drug-likeness (QED) is 0.524. The Bertz CT molecular complexity index is 492. The Kier molecular flexibility index (Phi) is 4.99. The number of nitrogen functional groups attached to an aromatic ring is 1. The molecule has 112 valence electrons. The summed E-state index contributed by atoms with van der Waals surface area (Å²) in [4.78, 5) is 11.5. The smallest absolute Gasteiger partial charge is 0.339 e. The van der Waals surface area contributed by atoms with E-state index in [4.69, 9.17) is 10.2 Å². The van der Waals surface area contributed by atoms with Gasteiger partial charge in [0.15, 0.2) is 8.32 Å². The van der Waals surface area contributed by atoms with Crippen LogP contribution >= 0.6 is 0 Å². The number of hydrogen-bond acceptors (Lipinski definition) is 4. The maximum Gasteiger partial charge on any atom is 0.339 e. The van der Waals surface area contributed by atoms with Crippen LogP contribution in [0.4, 0.5) is 5.69 Å². The monoisotopic (exact) mass is 295 g/mol. The summed E-state index contributed by atoms with van der Waals surface area (Å²) in [5, 5.41) is 0.171. The van der Waals surface area contributed by atoms with Crippen molar-refractivity contribution in [3.8, 4) is 0 Å². The molecule has 2 N–H and O–H groups in total.